The van der Waals surface area contributed by atoms with Crippen LogP contribution in [0, 0.1) is 11.3 Å². The largest absolute Gasteiger partial charge is 0.483 e. The van der Waals surface area contributed by atoms with E-state index in [1.165, 1.54) is 0 Å². The van der Waals surface area contributed by atoms with Crippen molar-refractivity contribution in [3.63, 3.8) is 0 Å². The number of alkyl halides is 9. The van der Waals surface area contributed by atoms with Crippen LogP contribution >= 0.6 is 0 Å². The van der Waals surface area contributed by atoms with Gasteiger partial charge in [-0.05, 0) is 0 Å². The molecule has 16 heteroatoms. The first-order chi connectivity index (χ1) is 9.40. The number of nitriles is 1. The lowest BCUT2D eigenvalue weighted by Crippen LogP contribution is -2.26. The normalized spacial score (nSPS) is 18.2. The van der Waals surface area contributed by atoms with E-state index in [2.05, 4.69) is 4.74 Å². The Hall–Kier alpha value is -1.76. The van der Waals surface area contributed by atoms with Gasteiger partial charge in [-0.15, -0.1) is 0 Å². The highest BCUT2D eigenvalue weighted by Crippen LogP contribution is 2.52. The summed E-state index contributed by atoms with van der Waals surface area (Å²) in [6.07, 6.45) is -13.7. The van der Waals surface area contributed by atoms with E-state index in [1.807, 2.05) is 0 Å². The Morgan fingerprint density at radius 1 is 1.00 bits per heavy atom. The fourth-order valence-corrected chi connectivity index (χ4v) is 0.173. The third-order valence-corrected chi connectivity index (χ3v) is 1.12. The summed E-state index contributed by atoms with van der Waals surface area (Å²) in [7, 11) is 0. The molecule has 0 N–H and O–H groups in total. The lowest BCUT2D eigenvalue weighted by atomic mass is 10.7. The van der Waals surface area contributed by atoms with Gasteiger partial charge in [-0.3, -0.25) is 4.79 Å². The molecule has 0 aromatic heterocycles. The quantitative estimate of drug-likeness (QED) is 0.236. The number of nitrogens with zero attached hydrogens (tertiary/aromatic N) is 2. The minimum absolute atomic E-state index is 0.0833. The summed E-state index contributed by atoms with van der Waals surface area (Å²) in [5.41, 5.74) is 0. The Bertz CT molecular complexity index is 412. The molecule has 1 heterocycles. The number of carbonyl (C=O) groups is 1. The summed E-state index contributed by atoms with van der Waals surface area (Å²) in [6.45, 7) is 0. The molecule has 1 aliphatic rings. The first kappa shape index (κ1) is 22.5. The van der Waals surface area contributed by atoms with E-state index in [9.17, 15) is 52.9 Å². The van der Waals surface area contributed by atoms with E-state index in [4.69, 9.17) is 10.1 Å². The van der Waals surface area contributed by atoms with E-state index < -0.39 is 35.8 Å². The fourth-order valence-electron chi connectivity index (χ4n) is 0.173. The number of halogens is 12. The molecule has 0 atom stereocenters. The molecule has 0 aromatic carbocycles. The summed E-state index contributed by atoms with van der Waals surface area (Å²) in [5.74, 6) is 0. The monoisotopic (exact) mass is 360 g/mol. The molecule has 130 valence electrons. The molecule has 1 rings (SSSR count). The molecule has 0 bridgehead atoms. The summed E-state index contributed by atoms with van der Waals surface area (Å²) in [4.78, 5) is 8.67. The second kappa shape index (κ2) is 7.00. The maximum atomic E-state index is 11.1. The van der Waals surface area contributed by atoms with Crippen LogP contribution in [0.2, 0.25) is 0 Å². The van der Waals surface area contributed by atoms with Crippen molar-refractivity contribution in [2.75, 3.05) is 0 Å². The predicted molar refractivity (Wildman–Crippen MR) is 37.8 cm³/mol. The van der Waals surface area contributed by atoms with Gasteiger partial charge in [-0.2, -0.15) is 49.2 Å². The molecule has 4 nitrogen and oxygen atoms in total. The second-order valence-electron chi connectivity index (χ2n) is 2.79. The summed E-state index contributed by atoms with van der Waals surface area (Å²) < 4.78 is 132. The van der Waals surface area contributed by atoms with Gasteiger partial charge in [-0.25, -0.2) is 4.74 Å². The van der Waals surface area contributed by atoms with E-state index in [1.54, 1.807) is 0 Å². The highest BCUT2D eigenvalue weighted by Gasteiger charge is 2.79. The van der Waals surface area contributed by atoms with Crippen LogP contribution in [0.5, 0.6) is 0 Å². The number of hydrogen-bond acceptors (Lipinski definition) is 4. The molecular weight excluding hydrogens is 360 g/mol. The van der Waals surface area contributed by atoms with Crippen LogP contribution in [0.1, 0.15) is 0 Å². The average Bonchev–Trinajstić information content (AvgIpc) is 2.74. The number of epoxide rings is 1. The van der Waals surface area contributed by atoms with E-state index >= 15 is 0 Å². The van der Waals surface area contributed by atoms with Crippen LogP contribution < -0.4 is 0 Å². The molecule has 22 heavy (non-hydrogen) atoms. The van der Waals surface area contributed by atoms with Crippen LogP contribution in [0.15, 0.2) is 0 Å². The molecule has 0 radical (unpaired) electrons. The lowest BCUT2D eigenvalue weighted by molar-refractivity contribution is -0.304. The van der Waals surface area contributed by atoms with E-state index in [0.717, 1.165) is 0 Å². The topological polar surface area (TPSA) is 56.6 Å². The fraction of sp³-hybridized carbons (Fsp3) is 0.667. The third-order valence-electron chi connectivity index (χ3n) is 1.12. The van der Waals surface area contributed by atoms with E-state index in [-0.39, 0.29) is 6.07 Å². The summed E-state index contributed by atoms with van der Waals surface area (Å²) >= 11 is 0. The lowest BCUT2D eigenvalue weighted by Gasteiger charge is -2.03. The number of hydrogen-bond donors (Lipinski definition) is 0. The number of ether oxygens (including phenoxy) is 1. The van der Waals surface area contributed by atoms with Gasteiger partial charge in [-0.1, -0.05) is 8.96 Å². The van der Waals surface area contributed by atoms with Crippen molar-refractivity contribution >= 4 is 6.04 Å². The van der Waals surface area contributed by atoms with Crippen molar-refractivity contribution in [1.29, 1.82) is 5.26 Å². The predicted octanol–water partition coefficient (Wildman–Crippen LogP) is 3.42. The minimum Gasteiger partial charge on any atom is -0.250 e. The van der Waals surface area contributed by atoms with Crippen LogP contribution in [0.4, 0.5) is 52.9 Å². The summed E-state index contributed by atoms with van der Waals surface area (Å²) in [6, 6.07) is -7.83. The molecule has 1 saturated heterocycles. The number of carbonyl (C=O) groups excluding carboxylic acids is 1. The van der Waals surface area contributed by atoms with Crippen molar-refractivity contribution in [2.45, 2.75) is 24.4 Å². The Morgan fingerprint density at radius 3 is 1.23 bits per heavy atom. The number of rotatable bonds is 1. The third kappa shape index (κ3) is 7.87. The highest BCUT2D eigenvalue weighted by atomic mass is 19.4. The smallest absolute Gasteiger partial charge is 0.250 e. The maximum Gasteiger partial charge on any atom is 0.483 e. The van der Waals surface area contributed by atoms with Gasteiger partial charge < -0.3 is 0 Å². The zero-order valence-corrected chi connectivity index (χ0v) is 9.25. The van der Waals surface area contributed by atoms with Crippen molar-refractivity contribution in [2.24, 2.45) is 0 Å². The standard InChI is InChI=1S/C2F4N2.2C2F4O/c3-2(4,1-7)8(5)6;3-1(4)2(5,6)7-1;3-1(7)2(4,5)6. The Kier molecular flexibility index (Phi) is 7.17. The zero-order chi connectivity index (χ0) is 18.6. The molecule has 0 unspecified atom stereocenters. The van der Waals surface area contributed by atoms with Crippen LogP contribution in [0.3, 0.4) is 0 Å². The van der Waals surface area contributed by atoms with Gasteiger partial charge in [0.05, 0.1) is 0 Å². The molecule has 0 amide bonds. The summed E-state index contributed by atoms with van der Waals surface area (Å²) in [5, 5.41) is 4.79. The van der Waals surface area contributed by atoms with Gasteiger partial charge >= 0.3 is 30.5 Å². The van der Waals surface area contributed by atoms with E-state index in [0.29, 0.717) is 0 Å². The van der Waals surface area contributed by atoms with Gasteiger partial charge in [0, 0.05) is 0 Å². The molecule has 0 spiro atoms. The highest BCUT2D eigenvalue weighted by molar-refractivity contribution is 5.74. The first-order valence-electron chi connectivity index (χ1n) is 4.04. The van der Waals surface area contributed by atoms with Crippen molar-refractivity contribution in [1.82, 2.24) is 5.34 Å². The first-order valence-corrected chi connectivity index (χ1v) is 4.04. The van der Waals surface area contributed by atoms with Gasteiger partial charge in [0.1, 0.15) is 5.34 Å². The SMILES string of the molecule is FC1(F)OC1(F)F.N#CC(F)(F)N(F)F.O=C(F)C(F)(F)F. The van der Waals surface area contributed by atoms with Crippen molar-refractivity contribution < 1.29 is 62.4 Å². The van der Waals surface area contributed by atoms with Crippen LogP contribution in [0.25, 0.3) is 0 Å². The zero-order valence-electron chi connectivity index (χ0n) is 9.25. The maximum absolute atomic E-state index is 11.1. The molecule has 1 fully saturated rings. The molecular formula is C6F12N2O2. The molecule has 0 saturated carbocycles. The molecule has 0 aliphatic carbocycles. The average molecular weight is 360 g/mol. The van der Waals surface area contributed by atoms with Crippen LogP contribution in [-0.4, -0.2) is 35.8 Å². The van der Waals surface area contributed by atoms with Gasteiger partial charge in [0.15, 0.2) is 6.07 Å². The minimum atomic E-state index is -5.31. The van der Waals surface area contributed by atoms with Crippen molar-refractivity contribution in [3.8, 4) is 6.07 Å². The Balaban J connectivity index is 0. The second-order valence-corrected chi connectivity index (χ2v) is 2.79. The van der Waals surface area contributed by atoms with Crippen LogP contribution in [-0.2, 0) is 9.53 Å². The van der Waals surface area contributed by atoms with Crippen molar-refractivity contribution in [3.05, 3.63) is 0 Å². The Morgan fingerprint density at radius 2 is 1.23 bits per heavy atom. The van der Waals surface area contributed by atoms with Gasteiger partial charge in [0.2, 0.25) is 0 Å². The van der Waals surface area contributed by atoms with Gasteiger partial charge in [0.25, 0.3) is 0 Å². The molecule has 0 aromatic rings. The Labute approximate surface area is 111 Å². The molecule has 1 aliphatic heterocycles.